The fourth-order valence-corrected chi connectivity index (χ4v) is 2.63. The zero-order valence-corrected chi connectivity index (χ0v) is 13.2. The predicted octanol–water partition coefficient (Wildman–Crippen LogP) is 2.15. The third kappa shape index (κ3) is 5.19. The SMILES string of the molecule is CC(C)S(=O)(=O)NC(CCN(C)C)c1ccc(F)cc1. The maximum atomic E-state index is 13.0. The van der Waals surface area contributed by atoms with E-state index in [2.05, 4.69) is 4.72 Å². The van der Waals surface area contributed by atoms with Crippen LogP contribution in [0.4, 0.5) is 4.39 Å². The molecule has 0 radical (unpaired) electrons. The number of rotatable bonds is 7. The Hall–Kier alpha value is -0.980. The quantitative estimate of drug-likeness (QED) is 0.839. The van der Waals surface area contributed by atoms with Gasteiger partial charge in [-0.15, -0.1) is 0 Å². The van der Waals surface area contributed by atoms with E-state index in [1.807, 2.05) is 19.0 Å². The summed E-state index contributed by atoms with van der Waals surface area (Å²) in [5, 5.41) is -0.496. The van der Waals surface area contributed by atoms with Crippen molar-refractivity contribution < 1.29 is 12.8 Å². The van der Waals surface area contributed by atoms with Crippen molar-refractivity contribution in [3.05, 3.63) is 35.6 Å². The molecule has 1 unspecified atom stereocenters. The van der Waals surface area contributed by atoms with Crippen molar-refractivity contribution in [3.8, 4) is 0 Å². The van der Waals surface area contributed by atoms with Crippen LogP contribution in [0.2, 0.25) is 0 Å². The van der Waals surface area contributed by atoms with Crippen LogP contribution in [-0.2, 0) is 10.0 Å². The summed E-state index contributed by atoms with van der Waals surface area (Å²) in [7, 11) is 0.493. The second-order valence-electron chi connectivity index (χ2n) is 5.41. The highest BCUT2D eigenvalue weighted by molar-refractivity contribution is 7.90. The van der Waals surface area contributed by atoms with Crippen LogP contribution in [0, 0.1) is 5.82 Å². The molecule has 1 N–H and O–H groups in total. The molecule has 114 valence electrons. The first-order valence-corrected chi connectivity index (χ1v) is 8.18. The zero-order valence-electron chi connectivity index (χ0n) is 12.4. The van der Waals surface area contributed by atoms with E-state index in [1.54, 1.807) is 26.0 Å². The van der Waals surface area contributed by atoms with Crippen molar-refractivity contribution >= 4 is 10.0 Å². The van der Waals surface area contributed by atoms with Crippen LogP contribution in [0.3, 0.4) is 0 Å². The topological polar surface area (TPSA) is 49.4 Å². The summed E-state index contributed by atoms with van der Waals surface area (Å²) in [5.41, 5.74) is 0.775. The van der Waals surface area contributed by atoms with Crippen LogP contribution in [0.5, 0.6) is 0 Å². The molecule has 1 rings (SSSR count). The number of benzene rings is 1. The van der Waals surface area contributed by atoms with E-state index in [9.17, 15) is 12.8 Å². The molecule has 6 heteroatoms. The summed E-state index contributed by atoms with van der Waals surface area (Å²) in [5.74, 6) is -0.327. The Kier molecular flexibility index (Phi) is 6.10. The molecule has 0 aliphatic rings. The van der Waals surface area contributed by atoms with E-state index in [-0.39, 0.29) is 11.9 Å². The summed E-state index contributed by atoms with van der Waals surface area (Å²) in [4.78, 5) is 1.99. The van der Waals surface area contributed by atoms with Crippen LogP contribution in [0.15, 0.2) is 24.3 Å². The fourth-order valence-electron chi connectivity index (χ4n) is 1.71. The van der Waals surface area contributed by atoms with E-state index >= 15 is 0 Å². The molecule has 0 amide bonds. The Morgan fingerprint density at radius 3 is 2.20 bits per heavy atom. The Bertz CT molecular complexity index is 512. The third-order valence-electron chi connectivity index (χ3n) is 3.06. The highest BCUT2D eigenvalue weighted by Crippen LogP contribution is 2.19. The standard InChI is InChI=1S/C14H23FN2O2S/c1-11(2)20(18,19)16-14(9-10-17(3)4)12-5-7-13(15)8-6-12/h5-8,11,14,16H,9-10H2,1-4H3. The minimum atomic E-state index is -3.37. The zero-order chi connectivity index (χ0) is 15.3. The number of hydrogen-bond acceptors (Lipinski definition) is 3. The van der Waals surface area contributed by atoms with Crippen LogP contribution in [-0.4, -0.2) is 39.2 Å². The Balaban J connectivity index is 2.93. The molecule has 0 aliphatic heterocycles. The molecule has 0 bridgehead atoms. The second kappa shape index (κ2) is 7.15. The van der Waals surface area contributed by atoms with Gasteiger partial charge < -0.3 is 4.90 Å². The van der Waals surface area contributed by atoms with E-state index < -0.39 is 15.3 Å². The van der Waals surface area contributed by atoms with Gasteiger partial charge in [0.05, 0.1) is 5.25 Å². The lowest BCUT2D eigenvalue weighted by Crippen LogP contribution is -2.35. The molecule has 0 fully saturated rings. The molecule has 1 aromatic carbocycles. The van der Waals surface area contributed by atoms with E-state index in [0.29, 0.717) is 6.42 Å². The summed E-state index contributed by atoms with van der Waals surface area (Å²) in [6.07, 6.45) is 0.630. The molecule has 4 nitrogen and oxygen atoms in total. The normalized spacial score (nSPS) is 13.9. The number of halogens is 1. The lowest BCUT2D eigenvalue weighted by Gasteiger charge is -2.22. The van der Waals surface area contributed by atoms with Gasteiger partial charge in [0.15, 0.2) is 0 Å². The van der Waals surface area contributed by atoms with Crippen LogP contribution < -0.4 is 4.72 Å². The minimum Gasteiger partial charge on any atom is -0.309 e. The third-order valence-corrected chi connectivity index (χ3v) is 4.92. The molecule has 0 spiro atoms. The van der Waals surface area contributed by atoms with Gasteiger partial charge in [0.2, 0.25) is 10.0 Å². The van der Waals surface area contributed by atoms with E-state index in [4.69, 9.17) is 0 Å². The van der Waals surface area contributed by atoms with Crippen molar-refractivity contribution in [2.75, 3.05) is 20.6 Å². The smallest absolute Gasteiger partial charge is 0.214 e. The van der Waals surface area contributed by atoms with Crippen LogP contribution >= 0.6 is 0 Å². The molecule has 20 heavy (non-hydrogen) atoms. The Morgan fingerprint density at radius 1 is 1.20 bits per heavy atom. The first kappa shape index (κ1) is 17.1. The van der Waals surface area contributed by atoms with Gasteiger partial charge in [0.1, 0.15) is 5.82 Å². The van der Waals surface area contributed by atoms with Crippen molar-refractivity contribution in [2.45, 2.75) is 31.6 Å². The lowest BCUT2D eigenvalue weighted by molar-refractivity contribution is 0.374. The van der Waals surface area contributed by atoms with Gasteiger partial charge in [0, 0.05) is 6.04 Å². The highest BCUT2D eigenvalue weighted by atomic mass is 32.2. The largest absolute Gasteiger partial charge is 0.309 e. The van der Waals surface area contributed by atoms with Crippen LogP contribution in [0.1, 0.15) is 31.9 Å². The maximum Gasteiger partial charge on any atom is 0.214 e. The monoisotopic (exact) mass is 302 g/mol. The van der Waals surface area contributed by atoms with Crippen molar-refractivity contribution in [2.24, 2.45) is 0 Å². The van der Waals surface area contributed by atoms with Gasteiger partial charge in [-0.3, -0.25) is 0 Å². The van der Waals surface area contributed by atoms with Gasteiger partial charge in [-0.05, 0) is 58.6 Å². The average molecular weight is 302 g/mol. The van der Waals surface area contributed by atoms with Gasteiger partial charge in [-0.2, -0.15) is 0 Å². The van der Waals surface area contributed by atoms with Crippen LogP contribution in [0.25, 0.3) is 0 Å². The Labute approximate surface area is 121 Å². The summed E-state index contributed by atoms with van der Waals surface area (Å²) >= 11 is 0. The molecular weight excluding hydrogens is 279 g/mol. The number of hydrogen-bond donors (Lipinski definition) is 1. The van der Waals surface area contributed by atoms with Crippen molar-refractivity contribution in [1.29, 1.82) is 0 Å². The molecule has 1 aromatic rings. The van der Waals surface area contributed by atoms with Crippen molar-refractivity contribution in [1.82, 2.24) is 9.62 Å². The van der Waals surface area contributed by atoms with Crippen molar-refractivity contribution in [3.63, 3.8) is 0 Å². The second-order valence-corrected chi connectivity index (χ2v) is 7.68. The summed E-state index contributed by atoms with van der Waals surface area (Å²) in [6, 6.07) is 5.60. The molecule has 0 aliphatic carbocycles. The Morgan fingerprint density at radius 2 is 1.75 bits per heavy atom. The molecule has 0 saturated carbocycles. The maximum absolute atomic E-state index is 13.0. The number of nitrogens with zero attached hydrogens (tertiary/aromatic N) is 1. The van der Waals surface area contributed by atoms with E-state index in [0.717, 1.165) is 12.1 Å². The van der Waals surface area contributed by atoms with Gasteiger partial charge in [0.25, 0.3) is 0 Å². The van der Waals surface area contributed by atoms with Gasteiger partial charge in [-0.1, -0.05) is 12.1 Å². The summed E-state index contributed by atoms with van der Waals surface area (Å²) in [6.45, 7) is 4.01. The van der Waals surface area contributed by atoms with Gasteiger partial charge in [-0.25, -0.2) is 17.5 Å². The van der Waals surface area contributed by atoms with E-state index in [1.165, 1.54) is 12.1 Å². The fraction of sp³-hybridized carbons (Fsp3) is 0.571. The molecule has 0 heterocycles. The molecule has 0 saturated heterocycles. The molecule has 1 atom stereocenters. The lowest BCUT2D eigenvalue weighted by atomic mass is 10.0. The average Bonchev–Trinajstić information content (AvgIpc) is 2.35. The number of nitrogens with one attached hydrogen (secondary N) is 1. The molecule has 0 aromatic heterocycles. The summed E-state index contributed by atoms with van der Waals surface area (Å²) < 4.78 is 39.7. The molecular formula is C14H23FN2O2S. The minimum absolute atomic E-state index is 0.327. The highest BCUT2D eigenvalue weighted by Gasteiger charge is 2.22. The predicted molar refractivity (Wildman–Crippen MR) is 79.5 cm³/mol. The number of sulfonamides is 1. The first-order chi connectivity index (χ1) is 9.22. The van der Waals surface area contributed by atoms with Gasteiger partial charge >= 0.3 is 0 Å². The first-order valence-electron chi connectivity index (χ1n) is 6.63.